The number of allylic oxidation sites excluding steroid dienone is 3. The second-order valence-corrected chi connectivity index (χ2v) is 6.23. The molecule has 0 aromatic rings. The molecule has 0 radical (unpaired) electrons. The number of ether oxygens (including phenoxy) is 1. The molecule has 1 aliphatic rings. The highest BCUT2D eigenvalue weighted by Crippen LogP contribution is 2.29. The van der Waals surface area contributed by atoms with Gasteiger partial charge in [0.2, 0.25) is 0 Å². The topological polar surface area (TPSA) is 70.0 Å². The summed E-state index contributed by atoms with van der Waals surface area (Å²) in [6.45, 7) is 9.18. The number of rotatable bonds is 5. The van der Waals surface area contributed by atoms with Gasteiger partial charge in [-0.1, -0.05) is 18.7 Å². The van der Waals surface area contributed by atoms with Crippen LogP contribution in [0.5, 0.6) is 0 Å². The minimum Gasteiger partial charge on any atom is -0.486 e. The Hall–Kier alpha value is -1.11. The van der Waals surface area contributed by atoms with Crippen LogP contribution in [0.2, 0.25) is 0 Å². The van der Waals surface area contributed by atoms with E-state index < -0.39 is 16.9 Å². The van der Waals surface area contributed by atoms with Crippen molar-refractivity contribution in [2.45, 2.75) is 45.3 Å². The molecule has 0 amide bonds. The van der Waals surface area contributed by atoms with Gasteiger partial charge in [0.15, 0.2) is 0 Å². The summed E-state index contributed by atoms with van der Waals surface area (Å²) in [4.78, 5) is 0. The summed E-state index contributed by atoms with van der Waals surface area (Å²) in [6, 6.07) is 0. The van der Waals surface area contributed by atoms with E-state index in [4.69, 9.17) is 4.74 Å². The summed E-state index contributed by atoms with van der Waals surface area (Å²) in [5.74, 6) is 0.525. The molecule has 0 aromatic heterocycles. The molecule has 20 heavy (non-hydrogen) atoms. The first kappa shape index (κ1) is 16.9. The van der Waals surface area contributed by atoms with Gasteiger partial charge >= 0.3 is 0 Å². The molecule has 6 heteroatoms. The lowest BCUT2D eigenvalue weighted by Gasteiger charge is -2.36. The van der Waals surface area contributed by atoms with Crippen LogP contribution in [-0.2, 0) is 16.0 Å². The third-order valence-corrected chi connectivity index (χ3v) is 3.72. The van der Waals surface area contributed by atoms with Gasteiger partial charge in [0, 0.05) is 0 Å². The molecule has 0 bridgehead atoms. The molecule has 1 fully saturated rings. The maximum absolute atomic E-state index is 11.5. The predicted molar refractivity (Wildman–Crippen MR) is 79.9 cm³/mol. The Bertz CT molecular complexity index is 437. The van der Waals surface area contributed by atoms with Crippen molar-refractivity contribution >= 4 is 11.3 Å². The van der Waals surface area contributed by atoms with E-state index in [1.165, 1.54) is 4.31 Å². The number of aliphatic hydroxyl groups is 1. The molecule has 2 unspecified atom stereocenters. The molecule has 0 aromatic carbocycles. The summed E-state index contributed by atoms with van der Waals surface area (Å²) < 4.78 is 28.1. The Morgan fingerprint density at radius 2 is 2.25 bits per heavy atom. The van der Waals surface area contributed by atoms with E-state index in [-0.39, 0.29) is 6.10 Å². The molecule has 5 nitrogen and oxygen atoms in total. The first-order valence-corrected chi connectivity index (χ1v) is 7.62. The summed E-state index contributed by atoms with van der Waals surface area (Å²) >= 11 is -2.10. The van der Waals surface area contributed by atoms with Crippen molar-refractivity contribution in [3.63, 3.8) is 0 Å². The van der Waals surface area contributed by atoms with Crippen molar-refractivity contribution in [2.24, 2.45) is 0 Å². The molecule has 2 atom stereocenters. The largest absolute Gasteiger partial charge is 0.486 e. The van der Waals surface area contributed by atoms with E-state index >= 15 is 0 Å². The second-order valence-electron chi connectivity index (χ2n) is 5.32. The summed E-state index contributed by atoms with van der Waals surface area (Å²) in [5.41, 5.74) is -0.208. The molecular formula is C14H23NO4S. The second kappa shape index (κ2) is 7.06. The van der Waals surface area contributed by atoms with Crippen molar-refractivity contribution in [1.82, 2.24) is 4.31 Å². The lowest BCUT2D eigenvalue weighted by molar-refractivity contribution is 0.0242. The Morgan fingerprint density at radius 1 is 1.60 bits per heavy atom. The summed E-state index contributed by atoms with van der Waals surface area (Å²) in [5, 5.41) is 9.77. The Balaban J connectivity index is 2.90. The molecule has 114 valence electrons. The number of hydrogen-bond donors (Lipinski definition) is 2. The van der Waals surface area contributed by atoms with Crippen molar-refractivity contribution in [3.05, 3.63) is 36.3 Å². The van der Waals surface area contributed by atoms with Crippen LogP contribution >= 0.6 is 0 Å². The van der Waals surface area contributed by atoms with Gasteiger partial charge < -0.3 is 9.84 Å². The molecule has 0 aliphatic carbocycles. The molecule has 0 saturated carbocycles. The third kappa shape index (κ3) is 4.77. The van der Waals surface area contributed by atoms with Crippen LogP contribution in [-0.4, -0.2) is 36.4 Å². The molecule has 1 heterocycles. The van der Waals surface area contributed by atoms with Gasteiger partial charge in [0.25, 0.3) is 11.3 Å². The van der Waals surface area contributed by atoms with E-state index in [2.05, 4.69) is 6.58 Å². The van der Waals surface area contributed by atoms with E-state index in [1.807, 2.05) is 0 Å². The maximum atomic E-state index is 11.5. The van der Waals surface area contributed by atoms with E-state index in [0.29, 0.717) is 30.8 Å². The first-order chi connectivity index (χ1) is 9.28. The zero-order valence-electron chi connectivity index (χ0n) is 12.2. The van der Waals surface area contributed by atoms with Crippen LogP contribution in [0, 0.1) is 0 Å². The third-order valence-electron chi connectivity index (χ3n) is 2.99. The number of nitrogens with zero attached hydrogens (tertiary/aromatic N) is 1. The predicted octanol–water partition coefficient (Wildman–Crippen LogP) is 2.35. The van der Waals surface area contributed by atoms with Crippen LogP contribution in [0.1, 0.15) is 33.6 Å². The fourth-order valence-corrected chi connectivity index (χ4v) is 2.67. The number of hydrogen-bond acceptors (Lipinski definition) is 3. The van der Waals surface area contributed by atoms with E-state index in [1.54, 1.807) is 39.0 Å². The first-order valence-electron chi connectivity index (χ1n) is 6.55. The SMILES string of the molecule is C=C/C=C1/OC(CCC(C)(C)O)CN(S(=O)O)/C1=C/C. The van der Waals surface area contributed by atoms with Crippen molar-refractivity contribution < 1.29 is 18.6 Å². The molecule has 1 saturated heterocycles. The monoisotopic (exact) mass is 301 g/mol. The van der Waals surface area contributed by atoms with Crippen molar-refractivity contribution in [3.8, 4) is 0 Å². The smallest absolute Gasteiger partial charge is 0.262 e. The zero-order chi connectivity index (χ0) is 15.3. The lowest BCUT2D eigenvalue weighted by atomic mass is 9.99. The fraction of sp³-hybridized carbons (Fsp3) is 0.571. The van der Waals surface area contributed by atoms with Crippen LogP contribution < -0.4 is 0 Å². The van der Waals surface area contributed by atoms with Crippen molar-refractivity contribution in [2.75, 3.05) is 6.54 Å². The van der Waals surface area contributed by atoms with Gasteiger partial charge in [-0.25, -0.2) is 4.21 Å². The van der Waals surface area contributed by atoms with Crippen LogP contribution in [0.25, 0.3) is 0 Å². The number of morpholine rings is 1. The molecule has 0 spiro atoms. The van der Waals surface area contributed by atoms with E-state index in [0.717, 1.165) is 0 Å². The van der Waals surface area contributed by atoms with Crippen LogP contribution in [0.4, 0.5) is 0 Å². The maximum Gasteiger partial charge on any atom is 0.262 e. The summed E-state index contributed by atoms with van der Waals surface area (Å²) in [6.07, 6.45) is 5.89. The highest BCUT2D eigenvalue weighted by Gasteiger charge is 2.31. The fourth-order valence-electron chi connectivity index (χ4n) is 2.01. The van der Waals surface area contributed by atoms with Gasteiger partial charge in [-0.3, -0.25) is 8.86 Å². The van der Waals surface area contributed by atoms with Crippen LogP contribution in [0.3, 0.4) is 0 Å². The molecule has 1 rings (SSSR count). The molecule has 2 N–H and O–H groups in total. The minimum atomic E-state index is -2.10. The average molecular weight is 301 g/mol. The Morgan fingerprint density at radius 3 is 2.70 bits per heavy atom. The average Bonchev–Trinajstić information content (AvgIpc) is 2.35. The summed E-state index contributed by atoms with van der Waals surface area (Å²) in [7, 11) is 0. The quantitative estimate of drug-likeness (QED) is 0.765. The lowest BCUT2D eigenvalue weighted by Crippen LogP contribution is -2.41. The van der Waals surface area contributed by atoms with Crippen LogP contribution in [0.15, 0.2) is 36.3 Å². The minimum absolute atomic E-state index is 0.243. The van der Waals surface area contributed by atoms with Gasteiger partial charge in [-0.15, -0.1) is 0 Å². The van der Waals surface area contributed by atoms with E-state index in [9.17, 15) is 13.9 Å². The highest BCUT2D eigenvalue weighted by atomic mass is 32.2. The molecule has 1 aliphatic heterocycles. The van der Waals surface area contributed by atoms with Crippen molar-refractivity contribution in [1.29, 1.82) is 0 Å². The zero-order valence-corrected chi connectivity index (χ0v) is 13.0. The Kier molecular flexibility index (Phi) is 5.98. The normalized spacial score (nSPS) is 25.6. The van der Waals surface area contributed by atoms with Gasteiger partial charge in [-0.2, -0.15) is 0 Å². The molecular weight excluding hydrogens is 278 g/mol. The van der Waals surface area contributed by atoms with Gasteiger partial charge in [-0.05, 0) is 39.7 Å². The van der Waals surface area contributed by atoms with Gasteiger partial charge in [0.05, 0.1) is 17.8 Å². The Labute approximate surface area is 123 Å². The van der Waals surface area contributed by atoms with Gasteiger partial charge in [0.1, 0.15) is 11.9 Å². The highest BCUT2D eigenvalue weighted by molar-refractivity contribution is 7.76. The standard InChI is InChI=1S/C14H23NO4S/c1-5-7-13-12(6-2)15(20(17)18)10-11(19-13)8-9-14(3,4)16/h5-7,11,16H,1,8-10H2,2-4H3,(H,17,18)/b12-6+,13-7+.